The minimum absolute atomic E-state index is 0.710. The molecule has 0 amide bonds. The van der Waals surface area contributed by atoms with Crippen molar-refractivity contribution in [2.75, 3.05) is 26.2 Å². The molecular formula is C15H30N2. The van der Waals surface area contributed by atoms with Crippen molar-refractivity contribution in [2.45, 2.75) is 58.4 Å². The third kappa shape index (κ3) is 4.26. The summed E-state index contributed by atoms with van der Waals surface area (Å²) >= 11 is 0. The Morgan fingerprint density at radius 3 is 2.65 bits per heavy atom. The fourth-order valence-electron chi connectivity index (χ4n) is 3.42. The summed E-state index contributed by atoms with van der Waals surface area (Å²) < 4.78 is 0. The van der Waals surface area contributed by atoms with E-state index in [2.05, 4.69) is 24.1 Å². The molecule has 2 heteroatoms. The molecule has 1 heterocycles. The average molecular weight is 238 g/mol. The predicted octanol–water partition coefficient (Wildman–Crippen LogP) is 2.89. The lowest BCUT2D eigenvalue weighted by Gasteiger charge is -2.35. The zero-order valence-electron chi connectivity index (χ0n) is 11.8. The Balaban J connectivity index is 1.79. The molecule has 0 spiro atoms. The van der Waals surface area contributed by atoms with Crippen LogP contribution in [0.3, 0.4) is 0 Å². The highest BCUT2D eigenvalue weighted by atomic mass is 15.1. The highest BCUT2D eigenvalue weighted by Gasteiger charge is 2.23. The van der Waals surface area contributed by atoms with Gasteiger partial charge in [-0.15, -0.1) is 0 Å². The van der Waals surface area contributed by atoms with Crippen molar-refractivity contribution in [3.05, 3.63) is 0 Å². The van der Waals surface area contributed by atoms with Crippen molar-refractivity contribution in [3.8, 4) is 0 Å². The molecule has 0 aromatic carbocycles. The third-order valence-corrected chi connectivity index (χ3v) is 4.80. The van der Waals surface area contributed by atoms with Crippen LogP contribution in [0.25, 0.3) is 0 Å². The Labute approximate surface area is 107 Å². The molecule has 0 radical (unpaired) electrons. The van der Waals surface area contributed by atoms with Gasteiger partial charge in [0, 0.05) is 12.6 Å². The molecule has 2 rings (SSSR count). The molecule has 17 heavy (non-hydrogen) atoms. The zero-order valence-corrected chi connectivity index (χ0v) is 11.8. The molecule has 0 aromatic heterocycles. The molecule has 2 aliphatic rings. The van der Waals surface area contributed by atoms with Gasteiger partial charge in [-0.1, -0.05) is 26.2 Å². The van der Waals surface area contributed by atoms with Crippen LogP contribution in [-0.4, -0.2) is 37.1 Å². The number of nitrogens with zero attached hydrogens (tertiary/aromatic N) is 1. The van der Waals surface area contributed by atoms with Crippen molar-refractivity contribution in [3.63, 3.8) is 0 Å². The van der Waals surface area contributed by atoms with Gasteiger partial charge in [0.1, 0.15) is 0 Å². The van der Waals surface area contributed by atoms with Gasteiger partial charge in [0.05, 0.1) is 0 Å². The quantitative estimate of drug-likeness (QED) is 0.796. The van der Waals surface area contributed by atoms with Crippen LogP contribution < -0.4 is 5.32 Å². The summed E-state index contributed by atoms with van der Waals surface area (Å²) in [5.74, 6) is 1.94. The molecule has 0 bridgehead atoms. The van der Waals surface area contributed by atoms with Crippen molar-refractivity contribution >= 4 is 0 Å². The lowest BCUT2D eigenvalue weighted by molar-refractivity contribution is 0.148. The molecule has 3 atom stereocenters. The van der Waals surface area contributed by atoms with Crippen LogP contribution in [0, 0.1) is 11.8 Å². The van der Waals surface area contributed by atoms with Crippen molar-refractivity contribution < 1.29 is 0 Å². The van der Waals surface area contributed by atoms with Crippen LogP contribution in [0.2, 0.25) is 0 Å². The van der Waals surface area contributed by atoms with Gasteiger partial charge in [0.25, 0.3) is 0 Å². The van der Waals surface area contributed by atoms with Crippen molar-refractivity contribution in [1.82, 2.24) is 10.2 Å². The smallest absolute Gasteiger partial charge is 0.00509 e. The Hall–Kier alpha value is -0.0800. The molecule has 1 aliphatic heterocycles. The maximum atomic E-state index is 3.59. The summed E-state index contributed by atoms with van der Waals surface area (Å²) in [4.78, 5) is 2.74. The van der Waals surface area contributed by atoms with E-state index in [1.165, 1.54) is 64.7 Å². The molecule has 2 fully saturated rings. The van der Waals surface area contributed by atoms with E-state index in [1.807, 2.05) is 0 Å². The second kappa shape index (κ2) is 6.75. The Bertz CT molecular complexity index is 217. The first kappa shape index (κ1) is 13.4. The Morgan fingerprint density at radius 2 is 1.82 bits per heavy atom. The van der Waals surface area contributed by atoms with Gasteiger partial charge < -0.3 is 10.2 Å². The Morgan fingerprint density at radius 1 is 1.00 bits per heavy atom. The summed E-state index contributed by atoms with van der Waals surface area (Å²) in [6, 6.07) is 0.710. The van der Waals surface area contributed by atoms with E-state index in [0.29, 0.717) is 6.04 Å². The molecule has 1 aliphatic carbocycles. The largest absolute Gasteiger partial charge is 0.314 e. The number of nitrogens with one attached hydrogen (secondary N) is 1. The topological polar surface area (TPSA) is 15.3 Å². The minimum Gasteiger partial charge on any atom is -0.314 e. The summed E-state index contributed by atoms with van der Waals surface area (Å²) in [6.07, 6.45) is 8.54. The van der Waals surface area contributed by atoms with Gasteiger partial charge in [-0.05, 0) is 57.7 Å². The standard InChI is InChI=1S/C15H30N2/c1-13-6-3-4-7-15(13)12-17-10-5-9-16-14(2)8-11-17/h13-16H,3-12H2,1-2H3. The SMILES string of the molecule is CC1CCN(CC2CCCCC2C)CCCN1. The lowest BCUT2D eigenvalue weighted by Crippen LogP contribution is -2.41. The van der Waals surface area contributed by atoms with E-state index >= 15 is 0 Å². The summed E-state index contributed by atoms with van der Waals surface area (Å²) in [5, 5.41) is 3.59. The van der Waals surface area contributed by atoms with Gasteiger partial charge in [0.2, 0.25) is 0 Å². The number of rotatable bonds is 2. The average Bonchev–Trinajstić information content (AvgIpc) is 2.31. The predicted molar refractivity (Wildman–Crippen MR) is 74.3 cm³/mol. The molecule has 1 saturated heterocycles. The van der Waals surface area contributed by atoms with Gasteiger partial charge >= 0.3 is 0 Å². The molecule has 1 N–H and O–H groups in total. The van der Waals surface area contributed by atoms with Gasteiger partial charge in [-0.2, -0.15) is 0 Å². The number of hydrogen-bond donors (Lipinski definition) is 1. The van der Waals surface area contributed by atoms with E-state index in [4.69, 9.17) is 0 Å². The summed E-state index contributed by atoms with van der Waals surface area (Å²) in [6.45, 7) is 9.98. The monoisotopic (exact) mass is 238 g/mol. The first-order chi connectivity index (χ1) is 8.25. The van der Waals surface area contributed by atoms with Crippen molar-refractivity contribution in [2.24, 2.45) is 11.8 Å². The van der Waals surface area contributed by atoms with Crippen molar-refractivity contribution in [1.29, 1.82) is 0 Å². The highest BCUT2D eigenvalue weighted by molar-refractivity contribution is 4.77. The van der Waals surface area contributed by atoms with Gasteiger partial charge in [-0.25, -0.2) is 0 Å². The van der Waals surface area contributed by atoms with Crippen LogP contribution in [0.4, 0.5) is 0 Å². The first-order valence-corrected chi connectivity index (χ1v) is 7.71. The molecule has 3 unspecified atom stereocenters. The van der Waals surface area contributed by atoms with E-state index in [1.54, 1.807) is 0 Å². The maximum absolute atomic E-state index is 3.59. The second-order valence-corrected chi connectivity index (χ2v) is 6.32. The molecular weight excluding hydrogens is 208 g/mol. The zero-order chi connectivity index (χ0) is 12.1. The minimum atomic E-state index is 0.710. The maximum Gasteiger partial charge on any atom is 0.00509 e. The van der Waals surface area contributed by atoms with Crippen LogP contribution in [0.15, 0.2) is 0 Å². The second-order valence-electron chi connectivity index (χ2n) is 6.32. The molecule has 1 saturated carbocycles. The fraction of sp³-hybridized carbons (Fsp3) is 1.00. The Kier molecular flexibility index (Phi) is 5.30. The van der Waals surface area contributed by atoms with Crippen LogP contribution in [0.5, 0.6) is 0 Å². The normalized spacial score (nSPS) is 37.4. The molecule has 0 aromatic rings. The molecule has 2 nitrogen and oxygen atoms in total. The van der Waals surface area contributed by atoms with Crippen LogP contribution in [0.1, 0.15) is 52.4 Å². The summed E-state index contributed by atoms with van der Waals surface area (Å²) in [7, 11) is 0. The molecule has 100 valence electrons. The third-order valence-electron chi connectivity index (χ3n) is 4.80. The van der Waals surface area contributed by atoms with E-state index < -0.39 is 0 Å². The van der Waals surface area contributed by atoms with Crippen LogP contribution >= 0.6 is 0 Å². The summed E-state index contributed by atoms with van der Waals surface area (Å²) in [5.41, 5.74) is 0. The lowest BCUT2D eigenvalue weighted by atomic mass is 9.80. The highest BCUT2D eigenvalue weighted by Crippen LogP contribution is 2.30. The van der Waals surface area contributed by atoms with Gasteiger partial charge in [0.15, 0.2) is 0 Å². The van der Waals surface area contributed by atoms with Crippen LogP contribution in [-0.2, 0) is 0 Å². The van der Waals surface area contributed by atoms with E-state index in [-0.39, 0.29) is 0 Å². The fourth-order valence-corrected chi connectivity index (χ4v) is 3.42. The van der Waals surface area contributed by atoms with E-state index in [0.717, 1.165) is 11.8 Å². The number of hydrogen-bond acceptors (Lipinski definition) is 2. The van der Waals surface area contributed by atoms with Gasteiger partial charge in [-0.3, -0.25) is 0 Å². The van der Waals surface area contributed by atoms with E-state index in [9.17, 15) is 0 Å². The first-order valence-electron chi connectivity index (χ1n) is 7.71.